The molecule has 2 heterocycles. The van der Waals surface area contributed by atoms with Crippen LogP contribution in [0.15, 0.2) is 78.9 Å². The van der Waals surface area contributed by atoms with Crippen LogP contribution in [0.1, 0.15) is 23.6 Å². The average Bonchev–Trinajstić information content (AvgIpc) is 3.45. The molecule has 5 rings (SSSR count). The molecule has 0 spiro atoms. The van der Waals surface area contributed by atoms with Crippen molar-refractivity contribution in [2.24, 2.45) is 0 Å². The van der Waals surface area contributed by atoms with Crippen LogP contribution in [0.25, 0.3) is 0 Å². The molecule has 1 saturated heterocycles. The highest BCUT2D eigenvalue weighted by atomic mass is 16.7. The Morgan fingerprint density at radius 1 is 0.971 bits per heavy atom. The zero-order valence-electron chi connectivity index (χ0n) is 19.2. The lowest BCUT2D eigenvalue weighted by atomic mass is 9.83. The molecule has 2 N–H and O–H groups in total. The first-order chi connectivity index (χ1) is 17.0. The summed E-state index contributed by atoms with van der Waals surface area (Å²) in [5, 5.41) is 5.71. The lowest BCUT2D eigenvalue weighted by molar-refractivity contribution is -0.138. The van der Waals surface area contributed by atoms with E-state index in [9.17, 15) is 14.4 Å². The van der Waals surface area contributed by atoms with Crippen LogP contribution in [0.2, 0.25) is 0 Å². The molecular weight excluding hydrogens is 446 g/mol. The van der Waals surface area contributed by atoms with E-state index >= 15 is 0 Å². The molecule has 0 saturated carbocycles. The van der Waals surface area contributed by atoms with E-state index < -0.39 is 29.4 Å². The fourth-order valence-corrected chi connectivity index (χ4v) is 4.49. The molecule has 3 aromatic carbocycles. The van der Waals surface area contributed by atoms with Gasteiger partial charge in [-0.1, -0.05) is 66.7 Å². The van der Waals surface area contributed by atoms with Crippen LogP contribution < -0.4 is 20.1 Å². The van der Waals surface area contributed by atoms with E-state index in [1.54, 1.807) is 19.1 Å². The van der Waals surface area contributed by atoms with Crippen molar-refractivity contribution in [3.8, 4) is 11.5 Å². The Balaban J connectivity index is 1.36. The number of amides is 4. The first kappa shape index (κ1) is 22.5. The predicted octanol–water partition coefficient (Wildman–Crippen LogP) is 3.11. The second-order valence-electron chi connectivity index (χ2n) is 8.62. The molecule has 8 heteroatoms. The maximum atomic E-state index is 13.8. The Bertz CT molecular complexity index is 1260. The molecule has 2 aliphatic rings. The average molecular weight is 472 g/mol. The Kier molecular flexibility index (Phi) is 5.86. The number of nitrogens with zero attached hydrogens (tertiary/aromatic N) is 1. The molecule has 0 aliphatic carbocycles. The fraction of sp³-hybridized carbons (Fsp3) is 0.222. The standard InChI is InChI=1S/C27H25N3O5/c1-18(24(31)28-16-20-12-13-22-23(14-20)35-17-34-22)30-25(32)27(29-26(30)33,21-10-6-3-7-11-21)15-19-8-4-2-5-9-19/h2-14,18H,15-17H2,1H3,(H,28,31)(H,29,33)/t18-,27-/m0/s1. The van der Waals surface area contributed by atoms with Gasteiger partial charge in [-0.05, 0) is 35.7 Å². The van der Waals surface area contributed by atoms with E-state index in [-0.39, 0.29) is 19.8 Å². The van der Waals surface area contributed by atoms with Crippen LogP contribution in [0.3, 0.4) is 0 Å². The Labute approximate surface area is 202 Å². The summed E-state index contributed by atoms with van der Waals surface area (Å²) in [6.07, 6.45) is 0.268. The Morgan fingerprint density at radius 2 is 1.66 bits per heavy atom. The molecule has 2 atom stereocenters. The second kappa shape index (κ2) is 9.13. The summed E-state index contributed by atoms with van der Waals surface area (Å²) in [7, 11) is 0. The minimum Gasteiger partial charge on any atom is -0.454 e. The minimum absolute atomic E-state index is 0.167. The van der Waals surface area contributed by atoms with Crippen LogP contribution in [-0.2, 0) is 28.1 Å². The first-order valence-electron chi connectivity index (χ1n) is 11.4. The normalized spacial score (nSPS) is 19.4. The highest BCUT2D eigenvalue weighted by molar-refractivity contribution is 6.10. The van der Waals surface area contributed by atoms with Crippen LogP contribution in [0, 0.1) is 0 Å². The Hall–Kier alpha value is -4.33. The summed E-state index contributed by atoms with van der Waals surface area (Å²) < 4.78 is 10.7. The van der Waals surface area contributed by atoms with E-state index in [2.05, 4.69) is 10.6 Å². The van der Waals surface area contributed by atoms with Crippen molar-refractivity contribution >= 4 is 17.8 Å². The van der Waals surface area contributed by atoms with Gasteiger partial charge in [0.15, 0.2) is 17.0 Å². The molecule has 8 nitrogen and oxygen atoms in total. The van der Waals surface area contributed by atoms with E-state index in [0.29, 0.717) is 17.1 Å². The van der Waals surface area contributed by atoms with Crippen LogP contribution in [0.5, 0.6) is 11.5 Å². The third kappa shape index (κ3) is 4.19. The summed E-state index contributed by atoms with van der Waals surface area (Å²) in [6.45, 7) is 1.94. The molecular formula is C27H25N3O5. The summed E-state index contributed by atoms with van der Waals surface area (Å²) in [4.78, 5) is 40.9. The zero-order valence-corrected chi connectivity index (χ0v) is 19.2. The van der Waals surface area contributed by atoms with Gasteiger partial charge in [-0.2, -0.15) is 0 Å². The molecule has 1 fully saturated rings. The van der Waals surface area contributed by atoms with Gasteiger partial charge in [0, 0.05) is 13.0 Å². The maximum absolute atomic E-state index is 13.8. The van der Waals surface area contributed by atoms with Crippen molar-refractivity contribution in [2.75, 3.05) is 6.79 Å². The summed E-state index contributed by atoms with van der Waals surface area (Å²) in [5.74, 6) is 0.383. The monoisotopic (exact) mass is 471 g/mol. The highest BCUT2D eigenvalue weighted by Crippen LogP contribution is 2.34. The van der Waals surface area contributed by atoms with Crippen molar-refractivity contribution < 1.29 is 23.9 Å². The molecule has 35 heavy (non-hydrogen) atoms. The minimum atomic E-state index is -1.30. The van der Waals surface area contributed by atoms with E-state index in [0.717, 1.165) is 16.0 Å². The number of urea groups is 1. The van der Waals surface area contributed by atoms with Gasteiger partial charge in [0.2, 0.25) is 12.7 Å². The van der Waals surface area contributed by atoms with Gasteiger partial charge in [0.1, 0.15) is 6.04 Å². The predicted molar refractivity (Wildman–Crippen MR) is 128 cm³/mol. The van der Waals surface area contributed by atoms with Crippen molar-refractivity contribution in [3.63, 3.8) is 0 Å². The number of carbonyl (C=O) groups is 3. The Morgan fingerprint density at radius 3 is 2.40 bits per heavy atom. The quantitative estimate of drug-likeness (QED) is 0.516. The van der Waals surface area contributed by atoms with Gasteiger partial charge in [-0.15, -0.1) is 0 Å². The lowest BCUT2D eigenvalue weighted by Crippen LogP contribution is -2.50. The third-order valence-corrected chi connectivity index (χ3v) is 6.37. The van der Waals surface area contributed by atoms with Crippen molar-refractivity contribution in [1.82, 2.24) is 15.5 Å². The largest absolute Gasteiger partial charge is 0.454 e. The molecule has 2 aliphatic heterocycles. The summed E-state index contributed by atoms with van der Waals surface area (Å²) in [5.41, 5.74) is 1.07. The number of nitrogens with one attached hydrogen (secondary N) is 2. The fourth-order valence-electron chi connectivity index (χ4n) is 4.49. The van der Waals surface area contributed by atoms with Gasteiger partial charge < -0.3 is 20.1 Å². The van der Waals surface area contributed by atoms with Crippen LogP contribution >= 0.6 is 0 Å². The highest BCUT2D eigenvalue weighted by Gasteiger charge is 2.54. The van der Waals surface area contributed by atoms with Gasteiger partial charge >= 0.3 is 6.03 Å². The van der Waals surface area contributed by atoms with Gasteiger partial charge in [-0.25, -0.2) is 9.69 Å². The lowest BCUT2D eigenvalue weighted by Gasteiger charge is -2.28. The van der Waals surface area contributed by atoms with Gasteiger partial charge in [0.25, 0.3) is 5.91 Å². The number of imide groups is 1. The van der Waals surface area contributed by atoms with Gasteiger partial charge in [-0.3, -0.25) is 9.59 Å². The molecule has 0 radical (unpaired) electrons. The van der Waals surface area contributed by atoms with Crippen molar-refractivity contribution in [1.29, 1.82) is 0 Å². The molecule has 3 aromatic rings. The topological polar surface area (TPSA) is 97.0 Å². The maximum Gasteiger partial charge on any atom is 0.326 e. The van der Waals surface area contributed by atoms with Crippen LogP contribution in [0.4, 0.5) is 4.79 Å². The SMILES string of the molecule is C[C@@H](C(=O)NCc1ccc2c(c1)OCO2)N1C(=O)N[C@@](Cc2ccccc2)(c2ccccc2)C1=O. The number of hydrogen-bond acceptors (Lipinski definition) is 5. The van der Waals surface area contributed by atoms with E-state index in [4.69, 9.17) is 9.47 Å². The smallest absolute Gasteiger partial charge is 0.326 e. The molecule has 4 amide bonds. The number of carbonyl (C=O) groups excluding carboxylic acids is 3. The summed E-state index contributed by atoms with van der Waals surface area (Å²) >= 11 is 0. The van der Waals surface area contributed by atoms with Crippen molar-refractivity contribution in [3.05, 3.63) is 95.6 Å². The number of hydrogen-bond donors (Lipinski definition) is 2. The first-order valence-corrected chi connectivity index (χ1v) is 11.4. The third-order valence-electron chi connectivity index (χ3n) is 6.37. The zero-order chi connectivity index (χ0) is 24.4. The number of fused-ring (bicyclic) bond motifs is 1. The molecule has 0 aromatic heterocycles. The molecule has 0 unspecified atom stereocenters. The number of rotatable bonds is 7. The van der Waals surface area contributed by atoms with E-state index in [1.165, 1.54) is 0 Å². The van der Waals surface area contributed by atoms with Gasteiger partial charge in [0.05, 0.1) is 0 Å². The van der Waals surface area contributed by atoms with E-state index in [1.807, 2.05) is 66.7 Å². The van der Waals surface area contributed by atoms with Crippen LogP contribution in [-0.4, -0.2) is 35.6 Å². The second-order valence-corrected chi connectivity index (χ2v) is 8.62. The number of ether oxygens (including phenoxy) is 2. The molecule has 0 bridgehead atoms. The number of benzene rings is 3. The van der Waals surface area contributed by atoms with Crippen molar-refractivity contribution in [2.45, 2.75) is 31.5 Å². The summed E-state index contributed by atoms with van der Waals surface area (Å²) in [6, 6.07) is 22.4. The molecule has 178 valence electrons.